The van der Waals surface area contributed by atoms with Gasteiger partial charge in [-0.1, -0.05) is 20.8 Å². The molecule has 12 heteroatoms. The van der Waals surface area contributed by atoms with Crippen molar-refractivity contribution in [3.8, 4) is 0 Å². The molecule has 0 amide bonds. The van der Waals surface area contributed by atoms with Crippen molar-refractivity contribution in [1.29, 1.82) is 0 Å². The molecule has 3 saturated heterocycles. The Balaban J connectivity index is 0.000000141. The van der Waals surface area contributed by atoms with Crippen molar-refractivity contribution in [2.75, 3.05) is 19.5 Å². The van der Waals surface area contributed by atoms with Gasteiger partial charge in [-0.3, -0.25) is 18.6 Å². The van der Waals surface area contributed by atoms with Crippen LogP contribution in [0.4, 0.5) is 0 Å². The fraction of sp³-hybridized carbons (Fsp3) is 0.857. The van der Waals surface area contributed by atoms with Crippen LogP contribution in [0, 0.1) is 53.3 Å². The molecule has 3 saturated carbocycles. The minimum Gasteiger partial charge on any atom is -0.462 e. The zero-order valence-corrected chi connectivity index (χ0v) is 24.4. The van der Waals surface area contributed by atoms with Crippen LogP contribution in [0.15, 0.2) is 0 Å². The number of hydrogen-bond acceptors (Lipinski definition) is 11. The first-order valence-corrected chi connectivity index (χ1v) is 16.1. The van der Waals surface area contributed by atoms with Crippen LogP contribution in [-0.4, -0.2) is 75.5 Å². The highest BCUT2D eigenvalue weighted by atomic mass is 32.2. The number of aliphatic hydroxyl groups is 1. The number of rotatable bonds is 5. The highest BCUT2D eigenvalue weighted by Crippen LogP contribution is 2.46. The molecule has 0 spiro atoms. The lowest BCUT2D eigenvalue weighted by Crippen LogP contribution is -2.22. The Morgan fingerprint density at radius 2 is 1.20 bits per heavy atom. The van der Waals surface area contributed by atoms with Gasteiger partial charge in [-0.05, 0) is 48.9 Å². The van der Waals surface area contributed by atoms with Crippen LogP contribution < -0.4 is 0 Å². The van der Waals surface area contributed by atoms with Crippen molar-refractivity contribution in [2.45, 2.75) is 77.6 Å². The quantitative estimate of drug-likeness (QED) is 0.217. The summed E-state index contributed by atoms with van der Waals surface area (Å²) in [5.74, 6) is 1.83. The van der Waals surface area contributed by atoms with Crippen LogP contribution >= 0.6 is 0 Å². The standard InChI is InChI=1S/C10H16O5S.C9H14O3.C9H12O3/c1-6-3-9-7(4-10(11)15-9)8(6)5-14-16(2,12)13;2*1-5-2-8-6(7(5)4-10)3-9(11)12-8/h6-9H,3-5H2,1-2H3;5-8,10H,2-4H2,1H3;4-8H,2-3H2,1H3/t6-,7-,8+,9?;2*5-,6-,7+,8+/m111/s1. The Bertz CT molecular complexity index is 1070. The summed E-state index contributed by atoms with van der Waals surface area (Å²) in [5.41, 5.74) is 0. The minimum atomic E-state index is -3.40. The van der Waals surface area contributed by atoms with Crippen molar-refractivity contribution in [2.24, 2.45) is 53.3 Å². The van der Waals surface area contributed by atoms with E-state index in [9.17, 15) is 27.6 Å². The third-order valence-electron chi connectivity index (χ3n) is 9.86. The second-order valence-electron chi connectivity index (χ2n) is 12.5. The summed E-state index contributed by atoms with van der Waals surface area (Å²) in [7, 11) is -3.40. The number of hydrogen-bond donors (Lipinski definition) is 1. The average Bonchev–Trinajstić information content (AvgIpc) is 3.64. The van der Waals surface area contributed by atoms with Crippen LogP contribution in [0.3, 0.4) is 0 Å². The second kappa shape index (κ2) is 12.4. The predicted octanol–water partition coefficient (Wildman–Crippen LogP) is 1.89. The molecule has 3 heterocycles. The number of aliphatic hydroxyl groups excluding tert-OH is 1. The number of esters is 3. The highest BCUT2D eigenvalue weighted by molar-refractivity contribution is 7.85. The number of fused-ring (bicyclic) bond motifs is 3. The molecule has 11 nitrogen and oxygen atoms in total. The van der Waals surface area contributed by atoms with E-state index in [0.29, 0.717) is 37.0 Å². The van der Waals surface area contributed by atoms with E-state index >= 15 is 0 Å². The molecular weight excluding hydrogens is 544 g/mol. The summed E-state index contributed by atoms with van der Waals surface area (Å²) >= 11 is 0. The molecule has 1 N–H and O–H groups in total. The van der Waals surface area contributed by atoms with E-state index in [-0.39, 0.29) is 84.9 Å². The number of ether oxygens (including phenoxy) is 3. The van der Waals surface area contributed by atoms with Crippen LogP contribution in [0.5, 0.6) is 0 Å². The first-order valence-electron chi connectivity index (χ1n) is 14.3. The second-order valence-corrected chi connectivity index (χ2v) is 14.2. The van der Waals surface area contributed by atoms with Gasteiger partial charge in [0.2, 0.25) is 0 Å². The molecule has 3 aliphatic heterocycles. The van der Waals surface area contributed by atoms with Gasteiger partial charge in [-0.15, -0.1) is 0 Å². The smallest absolute Gasteiger partial charge is 0.306 e. The largest absolute Gasteiger partial charge is 0.462 e. The molecule has 3 aliphatic carbocycles. The van der Waals surface area contributed by atoms with Crippen molar-refractivity contribution in [3.05, 3.63) is 0 Å². The van der Waals surface area contributed by atoms with Crippen molar-refractivity contribution in [1.82, 2.24) is 0 Å². The fourth-order valence-corrected chi connectivity index (χ4v) is 8.11. The summed E-state index contributed by atoms with van der Waals surface area (Å²) in [6.45, 7) is 6.57. The molecule has 226 valence electrons. The molecule has 0 bridgehead atoms. The zero-order valence-electron chi connectivity index (χ0n) is 23.6. The molecule has 0 aromatic heterocycles. The van der Waals surface area contributed by atoms with Crippen molar-refractivity contribution < 1.29 is 51.1 Å². The van der Waals surface area contributed by atoms with Gasteiger partial charge in [0.1, 0.15) is 24.6 Å². The molecule has 6 aliphatic rings. The summed E-state index contributed by atoms with van der Waals surface area (Å²) in [5, 5.41) is 9.10. The van der Waals surface area contributed by atoms with E-state index < -0.39 is 10.1 Å². The third-order valence-corrected chi connectivity index (χ3v) is 10.4. The Morgan fingerprint density at radius 3 is 1.68 bits per heavy atom. The van der Waals surface area contributed by atoms with Gasteiger partial charge < -0.3 is 24.1 Å². The lowest BCUT2D eigenvalue weighted by atomic mass is 9.89. The number of carbonyl (C=O) groups excluding carboxylic acids is 4. The topological polar surface area (TPSA) is 160 Å². The summed E-state index contributed by atoms with van der Waals surface area (Å²) < 4.78 is 42.1. The third kappa shape index (κ3) is 6.87. The van der Waals surface area contributed by atoms with Crippen molar-refractivity contribution in [3.63, 3.8) is 0 Å². The molecular formula is C28H42O11S. The Kier molecular flexibility index (Phi) is 9.61. The van der Waals surface area contributed by atoms with E-state index in [0.717, 1.165) is 31.8 Å². The fourth-order valence-electron chi connectivity index (χ4n) is 7.70. The Hall–Kier alpha value is -2.05. The maximum atomic E-state index is 11.1. The summed E-state index contributed by atoms with van der Waals surface area (Å²) in [6.07, 6.45) is 6.08. The molecule has 40 heavy (non-hydrogen) atoms. The Morgan fingerprint density at radius 1 is 0.775 bits per heavy atom. The van der Waals surface area contributed by atoms with E-state index in [2.05, 4.69) is 6.92 Å². The molecule has 6 rings (SSSR count). The van der Waals surface area contributed by atoms with E-state index in [4.69, 9.17) is 23.5 Å². The minimum absolute atomic E-state index is 0.0303. The normalized spacial score (nSPS) is 42.9. The molecule has 12 atom stereocenters. The van der Waals surface area contributed by atoms with Gasteiger partial charge >= 0.3 is 17.9 Å². The molecule has 1 unspecified atom stereocenters. The van der Waals surface area contributed by atoms with Crippen LogP contribution in [-0.2, 0) is 47.7 Å². The van der Waals surface area contributed by atoms with Crippen LogP contribution in [0.25, 0.3) is 0 Å². The van der Waals surface area contributed by atoms with Gasteiger partial charge in [-0.25, -0.2) is 0 Å². The molecule has 0 radical (unpaired) electrons. The monoisotopic (exact) mass is 586 g/mol. The van der Waals surface area contributed by atoms with E-state index in [1.807, 2.05) is 13.8 Å². The lowest BCUT2D eigenvalue weighted by molar-refractivity contribution is -0.142. The first-order chi connectivity index (χ1) is 18.8. The average molecular weight is 587 g/mol. The van der Waals surface area contributed by atoms with Crippen molar-refractivity contribution >= 4 is 34.3 Å². The zero-order chi connectivity index (χ0) is 29.4. The van der Waals surface area contributed by atoms with Gasteiger partial charge in [0.15, 0.2) is 0 Å². The molecule has 0 aromatic rings. The number of aldehydes is 1. The maximum Gasteiger partial charge on any atom is 0.306 e. The van der Waals surface area contributed by atoms with E-state index in [1.165, 1.54) is 0 Å². The SMILES string of the molecule is C[C@@H]1CC2OC(=O)C[C@@H]2[C@H]1COS(C)(=O)=O.C[C@@H]1C[C@@H]2OC(=O)C[C@@H]2[C@H]1C=O.C[C@@H]1C[C@@H]2OC(=O)C[C@@H]2[C@H]1CO. The van der Waals surface area contributed by atoms with Gasteiger partial charge in [0.05, 0.1) is 32.1 Å². The van der Waals surface area contributed by atoms with E-state index in [1.54, 1.807) is 0 Å². The molecule has 0 aromatic carbocycles. The lowest BCUT2D eigenvalue weighted by Gasteiger charge is -2.18. The number of carbonyl (C=O) groups is 4. The van der Waals surface area contributed by atoms with Gasteiger partial charge in [0.25, 0.3) is 10.1 Å². The molecule has 6 fully saturated rings. The highest BCUT2D eigenvalue weighted by Gasteiger charge is 2.50. The van der Waals surface area contributed by atoms with Crippen LogP contribution in [0.2, 0.25) is 0 Å². The summed E-state index contributed by atoms with van der Waals surface area (Å²) in [6, 6.07) is 0. The Labute approximate surface area is 235 Å². The first kappa shape index (κ1) is 30.9. The predicted molar refractivity (Wildman–Crippen MR) is 140 cm³/mol. The van der Waals surface area contributed by atoms with Gasteiger partial charge in [0, 0.05) is 30.3 Å². The van der Waals surface area contributed by atoms with Gasteiger partial charge in [-0.2, -0.15) is 8.42 Å². The van der Waals surface area contributed by atoms with Crippen LogP contribution in [0.1, 0.15) is 59.3 Å². The summed E-state index contributed by atoms with van der Waals surface area (Å²) in [4.78, 5) is 43.6. The maximum absolute atomic E-state index is 11.1.